The molecule has 86 valence electrons. The number of piperazine rings is 1. The van der Waals surface area contributed by atoms with Crippen LogP contribution in [-0.2, 0) is 0 Å². The summed E-state index contributed by atoms with van der Waals surface area (Å²) in [5.41, 5.74) is 0. The van der Waals surface area contributed by atoms with Gasteiger partial charge in [-0.3, -0.25) is 4.90 Å². The van der Waals surface area contributed by atoms with E-state index in [0.717, 1.165) is 19.5 Å². The summed E-state index contributed by atoms with van der Waals surface area (Å²) >= 11 is 0. The fourth-order valence-electron chi connectivity index (χ4n) is 2.39. The van der Waals surface area contributed by atoms with Crippen molar-refractivity contribution in [3.05, 3.63) is 0 Å². The highest BCUT2D eigenvalue weighted by Crippen LogP contribution is 2.13. The third-order valence-corrected chi connectivity index (χ3v) is 3.27. The van der Waals surface area contributed by atoms with Gasteiger partial charge in [-0.25, -0.2) is 0 Å². The standard InChI is InChI=1S/C13H24N2/c1-4-7-12-11-15(10-9-14-12)13(6-3)8-5-2/h2,12-14H,4,6-11H2,1,3H3. The highest BCUT2D eigenvalue weighted by atomic mass is 15.2. The van der Waals surface area contributed by atoms with Crippen LogP contribution in [0.25, 0.3) is 0 Å². The van der Waals surface area contributed by atoms with Crippen molar-refractivity contribution in [1.29, 1.82) is 0 Å². The Kier molecular flexibility index (Phi) is 5.75. The van der Waals surface area contributed by atoms with Crippen molar-refractivity contribution in [1.82, 2.24) is 10.2 Å². The molecule has 0 spiro atoms. The van der Waals surface area contributed by atoms with Gasteiger partial charge in [-0.05, 0) is 12.8 Å². The van der Waals surface area contributed by atoms with Crippen molar-refractivity contribution < 1.29 is 0 Å². The number of nitrogens with zero attached hydrogens (tertiary/aromatic N) is 1. The van der Waals surface area contributed by atoms with Gasteiger partial charge in [0.2, 0.25) is 0 Å². The zero-order valence-electron chi connectivity index (χ0n) is 10.1. The Hall–Kier alpha value is -0.520. The quantitative estimate of drug-likeness (QED) is 0.694. The van der Waals surface area contributed by atoms with Crippen LogP contribution >= 0.6 is 0 Å². The molecule has 1 saturated heterocycles. The first-order valence-corrected chi connectivity index (χ1v) is 6.22. The van der Waals surface area contributed by atoms with E-state index in [0.29, 0.717) is 12.1 Å². The fourth-order valence-corrected chi connectivity index (χ4v) is 2.39. The first-order chi connectivity index (χ1) is 7.31. The van der Waals surface area contributed by atoms with E-state index >= 15 is 0 Å². The van der Waals surface area contributed by atoms with Crippen LogP contribution in [0.4, 0.5) is 0 Å². The summed E-state index contributed by atoms with van der Waals surface area (Å²) in [6.07, 6.45) is 10.0. The highest BCUT2D eigenvalue weighted by Gasteiger charge is 2.23. The topological polar surface area (TPSA) is 15.3 Å². The van der Waals surface area contributed by atoms with E-state index < -0.39 is 0 Å². The lowest BCUT2D eigenvalue weighted by molar-refractivity contribution is 0.138. The molecule has 1 rings (SSSR count). The van der Waals surface area contributed by atoms with E-state index in [1.165, 1.54) is 25.8 Å². The molecule has 0 aromatic rings. The van der Waals surface area contributed by atoms with Crippen LogP contribution in [0, 0.1) is 12.3 Å². The van der Waals surface area contributed by atoms with Crippen molar-refractivity contribution in [2.75, 3.05) is 19.6 Å². The van der Waals surface area contributed by atoms with Gasteiger partial charge in [-0.15, -0.1) is 12.3 Å². The molecule has 0 bridgehead atoms. The Morgan fingerprint density at radius 3 is 2.93 bits per heavy atom. The third kappa shape index (κ3) is 3.85. The Balaban J connectivity index is 2.43. The largest absolute Gasteiger partial charge is 0.311 e. The normalized spacial score (nSPS) is 24.7. The summed E-state index contributed by atoms with van der Waals surface area (Å²) in [4.78, 5) is 2.57. The van der Waals surface area contributed by atoms with Crippen LogP contribution in [0.5, 0.6) is 0 Å². The van der Waals surface area contributed by atoms with Gasteiger partial charge in [0.25, 0.3) is 0 Å². The lowest BCUT2D eigenvalue weighted by Crippen LogP contribution is -2.53. The third-order valence-electron chi connectivity index (χ3n) is 3.27. The molecular weight excluding hydrogens is 184 g/mol. The summed E-state index contributed by atoms with van der Waals surface area (Å²) in [6, 6.07) is 1.27. The SMILES string of the molecule is C#CCC(CC)N1CCNC(CCC)C1. The van der Waals surface area contributed by atoms with E-state index in [1.54, 1.807) is 0 Å². The molecule has 2 heteroatoms. The molecule has 1 aliphatic heterocycles. The number of hydrogen-bond donors (Lipinski definition) is 1. The van der Waals surface area contributed by atoms with Gasteiger partial charge in [0.05, 0.1) is 0 Å². The van der Waals surface area contributed by atoms with Crippen LogP contribution in [0.15, 0.2) is 0 Å². The number of terminal acetylenes is 1. The second-order valence-electron chi connectivity index (χ2n) is 4.40. The molecule has 15 heavy (non-hydrogen) atoms. The van der Waals surface area contributed by atoms with Crippen molar-refractivity contribution >= 4 is 0 Å². The maximum atomic E-state index is 5.41. The van der Waals surface area contributed by atoms with Crippen LogP contribution < -0.4 is 5.32 Å². The van der Waals surface area contributed by atoms with Gasteiger partial charge in [-0.2, -0.15) is 0 Å². The first-order valence-electron chi connectivity index (χ1n) is 6.22. The predicted octanol–water partition coefficient (Wildman–Crippen LogP) is 1.86. The lowest BCUT2D eigenvalue weighted by atomic mass is 10.0. The monoisotopic (exact) mass is 208 g/mol. The Morgan fingerprint density at radius 2 is 2.33 bits per heavy atom. The summed E-state index contributed by atoms with van der Waals surface area (Å²) < 4.78 is 0. The first kappa shape index (κ1) is 12.5. The minimum absolute atomic E-state index is 0.594. The predicted molar refractivity (Wildman–Crippen MR) is 65.8 cm³/mol. The molecule has 0 saturated carbocycles. The van der Waals surface area contributed by atoms with Gasteiger partial charge in [-0.1, -0.05) is 20.3 Å². The summed E-state index contributed by atoms with van der Waals surface area (Å²) in [5, 5.41) is 3.58. The lowest BCUT2D eigenvalue weighted by Gasteiger charge is -2.38. The molecule has 1 aliphatic rings. The minimum atomic E-state index is 0.594. The zero-order chi connectivity index (χ0) is 11.1. The van der Waals surface area contributed by atoms with Crippen molar-refractivity contribution in [3.63, 3.8) is 0 Å². The fraction of sp³-hybridized carbons (Fsp3) is 0.846. The molecule has 0 aliphatic carbocycles. The van der Waals surface area contributed by atoms with Crippen LogP contribution in [0.2, 0.25) is 0 Å². The van der Waals surface area contributed by atoms with Crippen LogP contribution in [-0.4, -0.2) is 36.6 Å². The Morgan fingerprint density at radius 1 is 1.53 bits per heavy atom. The van der Waals surface area contributed by atoms with E-state index in [2.05, 4.69) is 30.0 Å². The second-order valence-corrected chi connectivity index (χ2v) is 4.40. The summed E-state index contributed by atoms with van der Waals surface area (Å²) in [5.74, 6) is 2.80. The van der Waals surface area contributed by atoms with Gasteiger partial charge >= 0.3 is 0 Å². The molecule has 0 aromatic heterocycles. The molecule has 0 amide bonds. The summed E-state index contributed by atoms with van der Waals surface area (Å²) in [6.45, 7) is 7.93. The second kappa shape index (κ2) is 6.87. The van der Waals surface area contributed by atoms with Gasteiger partial charge in [0.1, 0.15) is 0 Å². The van der Waals surface area contributed by atoms with E-state index in [4.69, 9.17) is 6.42 Å². The zero-order valence-corrected chi connectivity index (χ0v) is 10.1. The van der Waals surface area contributed by atoms with Crippen molar-refractivity contribution in [2.45, 2.75) is 51.6 Å². The smallest absolute Gasteiger partial charge is 0.0242 e. The number of hydrogen-bond acceptors (Lipinski definition) is 2. The minimum Gasteiger partial charge on any atom is -0.311 e. The average Bonchev–Trinajstić information content (AvgIpc) is 2.27. The van der Waals surface area contributed by atoms with Gasteiger partial charge < -0.3 is 5.32 Å². The molecule has 0 radical (unpaired) electrons. The maximum Gasteiger partial charge on any atom is 0.0242 e. The van der Waals surface area contributed by atoms with Crippen molar-refractivity contribution in [2.24, 2.45) is 0 Å². The van der Waals surface area contributed by atoms with E-state index in [9.17, 15) is 0 Å². The number of rotatable bonds is 5. The highest BCUT2D eigenvalue weighted by molar-refractivity contribution is 4.92. The summed E-state index contributed by atoms with van der Waals surface area (Å²) in [7, 11) is 0. The molecule has 2 unspecified atom stereocenters. The molecule has 1 fully saturated rings. The Labute approximate surface area is 94.4 Å². The maximum absolute atomic E-state index is 5.41. The van der Waals surface area contributed by atoms with E-state index in [-0.39, 0.29) is 0 Å². The van der Waals surface area contributed by atoms with Gasteiger partial charge in [0, 0.05) is 38.1 Å². The van der Waals surface area contributed by atoms with Crippen molar-refractivity contribution in [3.8, 4) is 12.3 Å². The molecule has 1 N–H and O–H groups in total. The molecule has 0 aromatic carbocycles. The average molecular weight is 208 g/mol. The van der Waals surface area contributed by atoms with Crippen LogP contribution in [0.3, 0.4) is 0 Å². The molecular formula is C13H24N2. The number of nitrogens with one attached hydrogen (secondary N) is 1. The molecule has 2 atom stereocenters. The van der Waals surface area contributed by atoms with Crippen LogP contribution in [0.1, 0.15) is 39.5 Å². The van der Waals surface area contributed by atoms with Gasteiger partial charge in [0.15, 0.2) is 0 Å². The van der Waals surface area contributed by atoms with E-state index in [1.807, 2.05) is 0 Å². The molecule has 2 nitrogen and oxygen atoms in total. The Bertz CT molecular complexity index is 205. The molecule has 1 heterocycles.